The third-order valence-corrected chi connectivity index (χ3v) is 4.67. The van der Waals surface area contributed by atoms with Gasteiger partial charge in [-0.3, -0.25) is 4.79 Å². The lowest BCUT2D eigenvalue weighted by Crippen LogP contribution is -2.13. The lowest BCUT2D eigenvalue weighted by Gasteiger charge is -2.20. The summed E-state index contributed by atoms with van der Waals surface area (Å²) in [7, 11) is 0. The van der Waals surface area contributed by atoms with Crippen LogP contribution in [0.1, 0.15) is 46.8 Å². The minimum atomic E-state index is -0.647. The molecular weight excluding hydrogens is 363 g/mol. The quantitative estimate of drug-likeness (QED) is 0.635. The molecule has 0 radical (unpaired) electrons. The molecule has 0 amide bonds. The van der Waals surface area contributed by atoms with Crippen LogP contribution in [0.4, 0.5) is 10.2 Å². The van der Waals surface area contributed by atoms with Gasteiger partial charge < -0.3 is 15.0 Å². The van der Waals surface area contributed by atoms with E-state index in [4.69, 9.17) is 15.0 Å². The monoisotopic (exact) mass is 378 g/mol. The highest BCUT2D eigenvalue weighted by molar-refractivity contribution is 5.97. The number of pyridine rings is 1. The smallest absolute Gasteiger partial charge is 0.191 e. The summed E-state index contributed by atoms with van der Waals surface area (Å²) in [6.45, 7) is 1.70. The highest BCUT2D eigenvalue weighted by atomic mass is 19.1. The number of benzene rings is 1. The van der Waals surface area contributed by atoms with Crippen molar-refractivity contribution in [1.82, 2.24) is 10.1 Å². The van der Waals surface area contributed by atoms with E-state index in [2.05, 4.69) is 10.1 Å². The van der Waals surface area contributed by atoms with E-state index < -0.39 is 11.9 Å². The second-order valence-corrected chi connectivity index (χ2v) is 6.46. The molecule has 0 aliphatic carbocycles. The van der Waals surface area contributed by atoms with Crippen LogP contribution in [0.25, 0.3) is 11.1 Å². The van der Waals surface area contributed by atoms with E-state index in [1.165, 1.54) is 24.4 Å². The number of aromatic nitrogens is 2. The summed E-state index contributed by atoms with van der Waals surface area (Å²) >= 11 is 0. The summed E-state index contributed by atoms with van der Waals surface area (Å²) in [5, 5.41) is 13.1. The third-order valence-electron chi connectivity index (χ3n) is 4.67. The molecule has 2 aromatic heterocycles. The van der Waals surface area contributed by atoms with Crippen LogP contribution < -0.4 is 10.5 Å². The molecule has 0 unspecified atom stereocenters. The number of hydrogen-bond acceptors (Lipinski definition) is 7. The third kappa shape index (κ3) is 2.97. The predicted molar refractivity (Wildman–Crippen MR) is 97.0 cm³/mol. The van der Waals surface area contributed by atoms with Crippen molar-refractivity contribution in [2.75, 3.05) is 5.73 Å². The second-order valence-electron chi connectivity index (χ2n) is 6.46. The van der Waals surface area contributed by atoms with Crippen LogP contribution in [0.15, 0.2) is 35.0 Å². The first-order valence-corrected chi connectivity index (χ1v) is 8.61. The number of rotatable bonds is 0. The Morgan fingerprint density at radius 3 is 2.93 bits per heavy atom. The largest absolute Gasteiger partial charge is 0.482 e. The van der Waals surface area contributed by atoms with Gasteiger partial charge in [-0.05, 0) is 31.2 Å². The maximum absolute atomic E-state index is 13.8. The van der Waals surface area contributed by atoms with Gasteiger partial charge >= 0.3 is 0 Å². The number of nitrogen functional groups attached to an aromatic ring is 1. The molecule has 3 heterocycles. The number of ketones is 1. The molecule has 2 N–H and O–H groups in total. The first-order valence-electron chi connectivity index (χ1n) is 8.61. The zero-order valence-electron chi connectivity index (χ0n) is 14.9. The van der Waals surface area contributed by atoms with Crippen molar-refractivity contribution in [3.63, 3.8) is 0 Å². The van der Waals surface area contributed by atoms with Gasteiger partial charge in [-0.2, -0.15) is 5.26 Å². The van der Waals surface area contributed by atoms with Crippen LogP contribution in [0.2, 0.25) is 0 Å². The summed E-state index contributed by atoms with van der Waals surface area (Å²) in [6.07, 6.45) is 1.18. The molecule has 0 fully saturated rings. The number of nitrogens with zero attached hydrogens (tertiary/aromatic N) is 3. The number of carbonyl (C=O) groups is 1. The van der Waals surface area contributed by atoms with Crippen LogP contribution in [-0.4, -0.2) is 15.9 Å². The van der Waals surface area contributed by atoms with Gasteiger partial charge in [-0.1, -0.05) is 5.16 Å². The van der Waals surface area contributed by atoms with Gasteiger partial charge in [0, 0.05) is 35.7 Å². The SMILES string of the molecule is C[C@H]1Oc2cc(cnc2N)-c2c(C#N)noc2CCC(=O)c2ccc(F)cc21. The van der Waals surface area contributed by atoms with E-state index in [1.807, 2.05) is 6.07 Å². The molecule has 4 rings (SSSR count). The molecule has 0 saturated carbocycles. The van der Waals surface area contributed by atoms with Crippen LogP contribution >= 0.6 is 0 Å². The molecule has 1 aliphatic rings. The Kier molecular flexibility index (Phi) is 4.28. The van der Waals surface area contributed by atoms with E-state index in [1.54, 1.807) is 13.0 Å². The fourth-order valence-corrected chi connectivity index (χ4v) is 3.29. The highest BCUT2D eigenvalue weighted by Gasteiger charge is 2.25. The van der Waals surface area contributed by atoms with Crippen LogP contribution in [0, 0.1) is 17.1 Å². The number of halogens is 1. The zero-order chi connectivity index (χ0) is 19.8. The Hall–Kier alpha value is -3.73. The number of Topliss-reactive ketones (excluding diaryl/α,β-unsaturated/α-hetero) is 1. The van der Waals surface area contributed by atoms with Gasteiger partial charge in [0.15, 0.2) is 23.0 Å². The molecule has 1 aliphatic heterocycles. The van der Waals surface area contributed by atoms with Gasteiger partial charge in [0.05, 0.1) is 5.56 Å². The average Bonchev–Trinajstić information content (AvgIpc) is 3.10. The van der Waals surface area contributed by atoms with E-state index in [0.29, 0.717) is 28.0 Å². The molecule has 140 valence electrons. The van der Waals surface area contributed by atoms with Crippen molar-refractivity contribution in [2.45, 2.75) is 25.9 Å². The number of fused-ring (bicyclic) bond motifs is 5. The molecule has 28 heavy (non-hydrogen) atoms. The summed E-state index contributed by atoms with van der Waals surface area (Å²) in [5.41, 5.74) is 7.81. The zero-order valence-corrected chi connectivity index (χ0v) is 14.9. The number of nitrogens with two attached hydrogens (primary N) is 1. The molecule has 3 aromatic rings. The summed E-state index contributed by atoms with van der Waals surface area (Å²) in [4.78, 5) is 16.9. The predicted octanol–water partition coefficient (Wildman–Crippen LogP) is 3.60. The molecule has 1 atom stereocenters. The van der Waals surface area contributed by atoms with E-state index in [9.17, 15) is 14.4 Å². The van der Waals surface area contributed by atoms with Crippen molar-refractivity contribution in [1.29, 1.82) is 5.26 Å². The molecule has 1 aromatic carbocycles. The Morgan fingerprint density at radius 2 is 2.14 bits per heavy atom. The van der Waals surface area contributed by atoms with E-state index in [-0.39, 0.29) is 35.9 Å². The Morgan fingerprint density at radius 1 is 1.32 bits per heavy atom. The Bertz CT molecular complexity index is 1130. The molecule has 7 nitrogen and oxygen atoms in total. The Labute approximate surface area is 159 Å². The van der Waals surface area contributed by atoms with Crippen molar-refractivity contribution >= 4 is 11.6 Å². The number of aryl methyl sites for hydroxylation is 1. The van der Waals surface area contributed by atoms with Gasteiger partial charge in [0.1, 0.15) is 23.8 Å². The minimum absolute atomic E-state index is 0.0903. The summed E-state index contributed by atoms with van der Waals surface area (Å²) in [5.74, 6) is 0.115. The molecular formula is C20H15FN4O3. The Balaban J connectivity index is 1.92. The minimum Gasteiger partial charge on any atom is -0.482 e. The summed E-state index contributed by atoms with van der Waals surface area (Å²) < 4.78 is 25.0. The van der Waals surface area contributed by atoms with Crippen LogP contribution in [0.3, 0.4) is 0 Å². The molecule has 0 spiro atoms. The topological polar surface area (TPSA) is 115 Å². The second kappa shape index (κ2) is 6.78. The first kappa shape index (κ1) is 17.7. The van der Waals surface area contributed by atoms with E-state index >= 15 is 0 Å². The maximum Gasteiger partial charge on any atom is 0.191 e. The van der Waals surface area contributed by atoms with Crippen LogP contribution in [0.5, 0.6) is 5.75 Å². The number of ether oxygens (including phenoxy) is 1. The number of anilines is 1. The number of carbonyl (C=O) groups excluding carboxylic acids is 1. The van der Waals surface area contributed by atoms with Gasteiger partial charge in [0.25, 0.3) is 0 Å². The van der Waals surface area contributed by atoms with Crippen molar-refractivity contribution in [3.05, 3.63) is 58.9 Å². The number of nitriles is 1. The standard InChI is InChI=1S/C20H15FN4O3/c1-10-14-7-12(21)2-3-13(14)16(26)4-5-17-19(15(8-22)25-28-17)11-6-18(27-10)20(23)24-9-11/h2-3,6-7,9-10H,4-5H2,1H3,(H2,23,24)/t10-/m1/s1. The first-order chi connectivity index (χ1) is 13.5. The van der Waals surface area contributed by atoms with Gasteiger partial charge in [0.2, 0.25) is 0 Å². The van der Waals surface area contributed by atoms with Gasteiger partial charge in [-0.25, -0.2) is 9.37 Å². The van der Waals surface area contributed by atoms with Crippen molar-refractivity contribution in [2.24, 2.45) is 0 Å². The fraction of sp³-hybridized carbons (Fsp3) is 0.200. The molecule has 2 bridgehead atoms. The molecule has 8 heteroatoms. The van der Waals surface area contributed by atoms with E-state index in [0.717, 1.165) is 0 Å². The maximum atomic E-state index is 13.8. The molecule has 0 saturated heterocycles. The van der Waals surface area contributed by atoms with Crippen molar-refractivity contribution in [3.8, 4) is 22.9 Å². The van der Waals surface area contributed by atoms with Gasteiger partial charge in [-0.15, -0.1) is 0 Å². The number of hydrogen-bond donors (Lipinski definition) is 1. The fourth-order valence-electron chi connectivity index (χ4n) is 3.29. The summed E-state index contributed by atoms with van der Waals surface area (Å²) in [6, 6.07) is 7.58. The highest BCUT2D eigenvalue weighted by Crippen LogP contribution is 2.36. The lowest BCUT2D eigenvalue weighted by molar-refractivity contribution is 0.0975. The lowest BCUT2D eigenvalue weighted by atomic mass is 9.95. The van der Waals surface area contributed by atoms with Crippen molar-refractivity contribution < 1.29 is 18.4 Å². The average molecular weight is 378 g/mol. The van der Waals surface area contributed by atoms with Crippen LogP contribution in [-0.2, 0) is 6.42 Å². The normalized spacial score (nSPS) is 16.0.